The number of anilines is 1. The maximum atomic E-state index is 12.0. The van der Waals surface area contributed by atoms with Gasteiger partial charge in [-0.2, -0.15) is 10.4 Å². The van der Waals surface area contributed by atoms with Crippen molar-refractivity contribution in [2.75, 3.05) is 5.73 Å². The average Bonchev–Trinajstić information content (AvgIpc) is 2.81. The van der Waals surface area contributed by atoms with Crippen molar-refractivity contribution >= 4 is 34.1 Å². The first-order valence-corrected chi connectivity index (χ1v) is 7.12. The molecule has 0 saturated heterocycles. The van der Waals surface area contributed by atoms with E-state index in [0.29, 0.717) is 16.0 Å². The SMILES string of the molecule is Cc1c(C(=O)N/N=C\c2cccc([N+](=O)[O-])c2)sc(N)c1C#N. The zero-order valence-corrected chi connectivity index (χ0v) is 12.8. The fourth-order valence-electron chi connectivity index (χ4n) is 1.83. The van der Waals surface area contributed by atoms with Gasteiger partial charge in [0.1, 0.15) is 15.9 Å². The normalized spacial score (nSPS) is 10.4. The van der Waals surface area contributed by atoms with Crippen LogP contribution < -0.4 is 11.2 Å². The molecule has 0 atom stereocenters. The van der Waals surface area contributed by atoms with Crippen LogP contribution in [0.25, 0.3) is 0 Å². The Morgan fingerprint density at radius 2 is 2.30 bits per heavy atom. The van der Waals surface area contributed by atoms with E-state index in [1.54, 1.807) is 13.0 Å². The number of nitro benzene ring substituents is 1. The van der Waals surface area contributed by atoms with Crippen LogP contribution in [-0.4, -0.2) is 17.0 Å². The largest absolute Gasteiger partial charge is 0.389 e. The predicted octanol–water partition coefficient (Wildman–Crippen LogP) is 2.18. The number of carbonyl (C=O) groups is 1. The van der Waals surface area contributed by atoms with Gasteiger partial charge in [-0.05, 0) is 12.5 Å². The van der Waals surface area contributed by atoms with Crippen molar-refractivity contribution in [3.05, 3.63) is 55.9 Å². The average molecular weight is 329 g/mol. The van der Waals surface area contributed by atoms with Gasteiger partial charge in [0.25, 0.3) is 11.6 Å². The van der Waals surface area contributed by atoms with Gasteiger partial charge >= 0.3 is 0 Å². The molecule has 0 aliphatic rings. The van der Waals surface area contributed by atoms with Crippen molar-refractivity contribution in [2.24, 2.45) is 5.10 Å². The molecule has 0 fully saturated rings. The molecule has 3 N–H and O–H groups in total. The lowest BCUT2D eigenvalue weighted by Crippen LogP contribution is -2.17. The molecule has 2 rings (SSSR count). The lowest BCUT2D eigenvalue weighted by atomic mass is 10.2. The van der Waals surface area contributed by atoms with E-state index < -0.39 is 10.8 Å². The first-order chi connectivity index (χ1) is 10.9. The summed E-state index contributed by atoms with van der Waals surface area (Å²) in [6, 6.07) is 7.76. The van der Waals surface area contributed by atoms with E-state index in [2.05, 4.69) is 10.5 Å². The molecule has 1 amide bonds. The smallest absolute Gasteiger partial charge is 0.281 e. The van der Waals surface area contributed by atoms with Crippen molar-refractivity contribution in [1.29, 1.82) is 5.26 Å². The highest BCUT2D eigenvalue weighted by atomic mass is 32.1. The summed E-state index contributed by atoms with van der Waals surface area (Å²) >= 11 is 1.01. The maximum absolute atomic E-state index is 12.0. The number of nitrogens with two attached hydrogens (primary N) is 1. The summed E-state index contributed by atoms with van der Waals surface area (Å²) in [7, 11) is 0. The van der Waals surface area contributed by atoms with E-state index >= 15 is 0 Å². The molecule has 0 aliphatic heterocycles. The lowest BCUT2D eigenvalue weighted by Gasteiger charge is -1.98. The van der Waals surface area contributed by atoms with Gasteiger partial charge in [-0.15, -0.1) is 11.3 Å². The highest BCUT2D eigenvalue weighted by Gasteiger charge is 2.18. The predicted molar refractivity (Wildman–Crippen MR) is 86.3 cm³/mol. The molecule has 116 valence electrons. The van der Waals surface area contributed by atoms with Gasteiger partial charge in [0.05, 0.1) is 16.7 Å². The summed E-state index contributed by atoms with van der Waals surface area (Å²) in [4.78, 5) is 22.5. The third kappa shape index (κ3) is 3.50. The van der Waals surface area contributed by atoms with Crippen LogP contribution in [0.5, 0.6) is 0 Å². The van der Waals surface area contributed by atoms with Gasteiger partial charge in [0.15, 0.2) is 0 Å². The maximum Gasteiger partial charge on any atom is 0.281 e. The lowest BCUT2D eigenvalue weighted by molar-refractivity contribution is -0.384. The fourth-order valence-corrected chi connectivity index (χ4v) is 2.74. The summed E-state index contributed by atoms with van der Waals surface area (Å²) in [5, 5.41) is 23.7. The van der Waals surface area contributed by atoms with E-state index in [1.165, 1.54) is 24.4 Å². The number of nitrogens with one attached hydrogen (secondary N) is 1. The number of benzene rings is 1. The monoisotopic (exact) mass is 329 g/mol. The van der Waals surface area contributed by atoms with Gasteiger partial charge in [-0.25, -0.2) is 5.43 Å². The number of nitriles is 1. The summed E-state index contributed by atoms with van der Waals surface area (Å²) < 4.78 is 0. The second-order valence-electron chi connectivity index (χ2n) is 4.46. The Morgan fingerprint density at radius 1 is 1.57 bits per heavy atom. The second kappa shape index (κ2) is 6.67. The molecule has 0 unspecified atom stereocenters. The van der Waals surface area contributed by atoms with Gasteiger partial charge in [0.2, 0.25) is 0 Å². The molecule has 9 heteroatoms. The zero-order valence-electron chi connectivity index (χ0n) is 11.9. The molecule has 23 heavy (non-hydrogen) atoms. The third-order valence-corrected chi connectivity index (χ3v) is 4.07. The first-order valence-electron chi connectivity index (χ1n) is 6.31. The van der Waals surface area contributed by atoms with E-state index in [4.69, 9.17) is 11.0 Å². The molecule has 0 spiro atoms. The van der Waals surface area contributed by atoms with Crippen LogP contribution in [0.2, 0.25) is 0 Å². The molecule has 1 aromatic carbocycles. The number of nitro groups is 1. The van der Waals surface area contributed by atoms with Crippen LogP contribution in [-0.2, 0) is 0 Å². The summed E-state index contributed by atoms with van der Waals surface area (Å²) in [5.74, 6) is -0.498. The van der Waals surface area contributed by atoms with Gasteiger partial charge < -0.3 is 5.73 Å². The number of rotatable bonds is 4. The second-order valence-corrected chi connectivity index (χ2v) is 5.51. The number of hydrogen-bond donors (Lipinski definition) is 2. The van der Waals surface area contributed by atoms with Gasteiger partial charge in [-0.1, -0.05) is 12.1 Å². The van der Waals surface area contributed by atoms with Crippen molar-refractivity contribution in [2.45, 2.75) is 6.92 Å². The minimum atomic E-state index is -0.517. The van der Waals surface area contributed by atoms with Gasteiger partial charge in [0, 0.05) is 17.7 Å². The summed E-state index contributed by atoms with van der Waals surface area (Å²) in [5.41, 5.74) is 9.16. The molecule has 0 aliphatic carbocycles. The number of hydrogen-bond acceptors (Lipinski definition) is 7. The van der Waals surface area contributed by atoms with Crippen LogP contribution >= 0.6 is 11.3 Å². The first kappa shape index (κ1) is 16.1. The van der Waals surface area contributed by atoms with Crippen molar-refractivity contribution in [3.63, 3.8) is 0 Å². The number of nitrogen functional groups attached to an aromatic ring is 1. The summed E-state index contributed by atoms with van der Waals surface area (Å²) in [6.07, 6.45) is 1.29. The quantitative estimate of drug-likeness (QED) is 0.503. The Bertz CT molecular complexity index is 851. The Labute approximate surface area is 135 Å². The number of non-ortho nitro benzene ring substituents is 1. The van der Waals surface area contributed by atoms with Crippen LogP contribution in [0.3, 0.4) is 0 Å². The Hall–Kier alpha value is -3.25. The molecule has 0 bridgehead atoms. The number of nitrogens with zero attached hydrogens (tertiary/aromatic N) is 3. The Morgan fingerprint density at radius 3 is 2.91 bits per heavy atom. The molecular weight excluding hydrogens is 318 g/mol. The summed E-state index contributed by atoms with van der Waals surface area (Å²) in [6.45, 7) is 1.63. The number of carbonyl (C=O) groups excluding carboxylic acids is 1. The topological polar surface area (TPSA) is 134 Å². The number of thiophene rings is 1. The zero-order chi connectivity index (χ0) is 17.0. The van der Waals surface area contributed by atoms with Crippen molar-refractivity contribution in [3.8, 4) is 6.07 Å². The molecule has 1 heterocycles. The van der Waals surface area contributed by atoms with E-state index in [0.717, 1.165) is 11.3 Å². The third-order valence-electron chi connectivity index (χ3n) is 2.95. The number of amides is 1. The van der Waals surface area contributed by atoms with Gasteiger partial charge in [-0.3, -0.25) is 14.9 Å². The molecule has 1 aromatic heterocycles. The molecule has 2 aromatic rings. The Kier molecular flexibility index (Phi) is 4.68. The fraction of sp³-hybridized carbons (Fsp3) is 0.0714. The standard InChI is InChI=1S/C14H11N5O3S/c1-8-11(6-15)13(16)23-12(8)14(20)18-17-7-9-3-2-4-10(5-9)19(21)22/h2-5,7H,16H2,1H3,(H,18,20)/b17-7-. The molecule has 8 nitrogen and oxygen atoms in total. The minimum Gasteiger partial charge on any atom is -0.389 e. The van der Waals surface area contributed by atoms with Crippen LogP contribution in [0.4, 0.5) is 10.7 Å². The van der Waals surface area contributed by atoms with Crippen LogP contribution in [0.15, 0.2) is 29.4 Å². The minimum absolute atomic E-state index is 0.0687. The van der Waals surface area contributed by atoms with E-state index in [-0.39, 0.29) is 16.3 Å². The highest BCUT2D eigenvalue weighted by Crippen LogP contribution is 2.29. The van der Waals surface area contributed by atoms with Crippen LogP contribution in [0, 0.1) is 28.4 Å². The van der Waals surface area contributed by atoms with E-state index in [1.807, 2.05) is 6.07 Å². The molecule has 0 saturated carbocycles. The molecular formula is C14H11N5O3S. The molecule has 0 radical (unpaired) electrons. The van der Waals surface area contributed by atoms with Crippen molar-refractivity contribution < 1.29 is 9.72 Å². The van der Waals surface area contributed by atoms with E-state index in [9.17, 15) is 14.9 Å². The van der Waals surface area contributed by atoms with Crippen molar-refractivity contribution in [1.82, 2.24) is 5.43 Å². The number of hydrazone groups is 1. The van der Waals surface area contributed by atoms with Crippen LogP contribution in [0.1, 0.15) is 26.4 Å². The Balaban J connectivity index is 2.12. The highest BCUT2D eigenvalue weighted by molar-refractivity contribution is 7.18.